The molecule has 0 bridgehead atoms. The first-order valence-electron chi connectivity index (χ1n) is 11.1. The van der Waals surface area contributed by atoms with E-state index in [1.807, 2.05) is 0 Å². The van der Waals surface area contributed by atoms with Crippen molar-refractivity contribution in [2.45, 2.75) is 76.7 Å². The zero-order valence-electron chi connectivity index (χ0n) is 20.1. The van der Waals surface area contributed by atoms with Gasteiger partial charge in [-0.05, 0) is 36.8 Å². The fourth-order valence-corrected chi connectivity index (χ4v) is 5.21. The molecule has 0 spiro atoms. The van der Waals surface area contributed by atoms with E-state index in [1.165, 1.54) is 4.57 Å². The third kappa shape index (κ3) is 6.08. The summed E-state index contributed by atoms with van der Waals surface area (Å²) in [5.74, 6) is -0.220. The number of aliphatic hydroxyl groups is 3. The van der Waals surface area contributed by atoms with E-state index in [4.69, 9.17) is 20.5 Å². The van der Waals surface area contributed by atoms with Crippen LogP contribution in [0.25, 0.3) is 21.6 Å². The van der Waals surface area contributed by atoms with Crippen molar-refractivity contribution in [2.75, 3.05) is 18.9 Å². The molecule has 0 saturated carbocycles. The van der Waals surface area contributed by atoms with Gasteiger partial charge in [0.2, 0.25) is 5.95 Å². The van der Waals surface area contributed by atoms with E-state index < -0.39 is 37.5 Å². The van der Waals surface area contributed by atoms with Gasteiger partial charge in [0, 0.05) is 11.3 Å². The molecule has 2 aromatic rings. The minimum Gasteiger partial charge on any atom is -0.394 e. The monoisotopic (exact) mass is 516 g/mol. The molecule has 16 heteroatoms. The topological polar surface area (TPSA) is 235 Å². The van der Waals surface area contributed by atoms with Crippen molar-refractivity contribution < 1.29 is 34.0 Å². The van der Waals surface area contributed by atoms with Crippen LogP contribution in [0.2, 0.25) is 0 Å². The lowest BCUT2D eigenvalue weighted by Crippen LogP contribution is -2.36. The molecule has 2 heterocycles. The molecule has 2 unspecified atom stereocenters. The van der Waals surface area contributed by atoms with Gasteiger partial charge in [-0.1, -0.05) is 20.8 Å². The molecule has 0 amide bonds. The van der Waals surface area contributed by atoms with Crippen LogP contribution in [0.1, 0.15) is 59.6 Å². The van der Waals surface area contributed by atoms with E-state index >= 15 is 0 Å². The minimum absolute atomic E-state index is 0.00497. The van der Waals surface area contributed by atoms with E-state index in [2.05, 4.69) is 25.0 Å². The molecule has 4 atom stereocenters. The Morgan fingerprint density at radius 1 is 1.31 bits per heavy atom. The Morgan fingerprint density at radius 2 is 1.97 bits per heavy atom. The van der Waals surface area contributed by atoms with Crippen LogP contribution in [0.3, 0.4) is 0 Å². The molecule has 2 aromatic heterocycles. The molecule has 196 valence electrons. The Balaban J connectivity index is 2.34. The number of hydrogen-bond donors (Lipinski definition) is 5. The van der Waals surface area contributed by atoms with Crippen LogP contribution in [0.15, 0.2) is 11.4 Å². The summed E-state index contributed by atoms with van der Waals surface area (Å²) in [6, 6.07) is 0. The summed E-state index contributed by atoms with van der Waals surface area (Å²) in [5.41, 5.74) is 13.8. The number of azide groups is 1. The predicted molar refractivity (Wildman–Crippen MR) is 126 cm³/mol. The highest BCUT2D eigenvalue weighted by atomic mass is 31.2. The first kappa shape index (κ1) is 28.9. The highest BCUT2D eigenvalue weighted by molar-refractivity contribution is 7.54. The van der Waals surface area contributed by atoms with Crippen LogP contribution in [0.4, 0.5) is 11.8 Å². The van der Waals surface area contributed by atoms with E-state index in [0.717, 1.165) is 6.33 Å². The van der Waals surface area contributed by atoms with Crippen LogP contribution < -0.4 is 5.73 Å². The Morgan fingerprint density at radius 3 is 2.51 bits per heavy atom. The number of anilines is 1. The fourth-order valence-electron chi connectivity index (χ4n) is 3.42. The highest BCUT2D eigenvalue weighted by Crippen LogP contribution is 2.60. The lowest BCUT2D eigenvalue weighted by atomic mass is 10.0. The maximum Gasteiger partial charge on any atom is 0.359 e. The van der Waals surface area contributed by atoms with Crippen LogP contribution in [-0.4, -0.2) is 70.0 Å². The lowest BCUT2D eigenvalue weighted by molar-refractivity contribution is -0.106. The largest absolute Gasteiger partial charge is 0.394 e. The molecule has 0 saturated heterocycles. The molecule has 0 aliphatic rings. The second-order valence-corrected chi connectivity index (χ2v) is 10.3. The van der Waals surface area contributed by atoms with Gasteiger partial charge in [0.1, 0.15) is 12.4 Å². The number of imidazole rings is 1. The molecular formula is C19H33N8O7P. The summed E-state index contributed by atoms with van der Waals surface area (Å²) in [6.07, 6.45) is -1.21. The highest BCUT2D eigenvalue weighted by Gasteiger charge is 2.48. The van der Waals surface area contributed by atoms with Crippen molar-refractivity contribution in [3.63, 3.8) is 0 Å². The van der Waals surface area contributed by atoms with Gasteiger partial charge in [-0.25, -0.2) is 15.0 Å². The predicted octanol–water partition coefficient (Wildman–Crippen LogP) is 2.49. The van der Waals surface area contributed by atoms with Crippen molar-refractivity contribution >= 4 is 30.5 Å². The number of aliphatic hydroxyl groups excluding tert-OH is 2. The summed E-state index contributed by atoms with van der Waals surface area (Å²) >= 11 is 0. The number of nitrogens with two attached hydrogens (primary N) is 1. The average Bonchev–Trinajstić information content (AvgIpc) is 3.19. The smallest absolute Gasteiger partial charge is 0.359 e. The van der Waals surface area contributed by atoms with Crippen molar-refractivity contribution in [1.82, 2.24) is 19.5 Å². The molecule has 6 N–H and O–H groups in total. The standard InChI is InChI=1S/C19H33N8O7P/c1-5-18(4,34-35(31,32)19(30,6-2)7-3)8-9-33-16(12(29)10-28)27-15-13(14(20)22-11-23-15)24-17(27)25-26-21/h11-12,16,28-30H,5-10H2,1-4H3,(H,31,32)(H2,20,22,23)/t12-,16-,18?/m1/s1. The third-order valence-corrected chi connectivity index (χ3v) is 8.43. The maximum atomic E-state index is 12.9. The van der Waals surface area contributed by atoms with Gasteiger partial charge in [0.15, 0.2) is 28.6 Å². The molecule has 0 aliphatic heterocycles. The van der Waals surface area contributed by atoms with Gasteiger partial charge in [-0.2, -0.15) is 0 Å². The Labute approximate surface area is 202 Å². The Bertz CT molecular complexity index is 1100. The van der Waals surface area contributed by atoms with Crippen molar-refractivity contribution in [2.24, 2.45) is 5.11 Å². The second kappa shape index (κ2) is 11.6. The van der Waals surface area contributed by atoms with E-state index in [0.29, 0.717) is 6.42 Å². The number of fused-ring (bicyclic) bond motifs is 1. The number of ether oxygens (including phenoxy) is 1. The maximum absolute atomic E-state index is 12.9. The van der Waals surface area contributed by atoms with Gasteiger partial charge in [-0.3, -0.25) is 9.13 Å². The molecule has 35 heavy (non-hydrogen) atoms. The second-order valence-electron chi connectivity index (χ2n) is 8.27. The van der Waals surface area contributed by atoms with Crippen molar-refractivity contribution in [3.05, 3.63) is 16.8 Å². The number of rotatable bonds is 14. The number of aromatic nitrogens is 4. The van der Waals surface area contributed by atoms with Gasteiger partial charge in [0.05, 0.1) is 18.8 Å². The summed E-state index contributed by atoms with van der Waals surface area (Å²) in [7, 11) is -4.44. The van der Waals surface area contributed by atoms with E-state index in [1.54, 1.807) is 27.7 Å². The molecule has 15 nitrogen and oxygen atoms in total. The normalized spacial score (nSPS) is 17.4. The molecule has 0 fully saturated rings. The van der Waals surface area contributed by atoms with Gasteiger partial charge in [0.25, 0.3) is 0 Å². The molecule has 0 aromatic carbocycles. The zero-order chi connectivity index (χ0) is 26.4. The lowest BCUT2D eigenvalue weighted by Gasteiger charge is -2.37. The molecule has 0 aliphatic carbocycles. The van der Waals surface area contributed by atoms with E-state index in [-0.39, 0.29) is 48.8 Å². The van der Waals surface area contributed by atoms with Crippen LogP contribution in [0, 0.1) is 0 Å². The third-order valence-electron chi connectivity index (χ3n) is 6.06. The summed E-state index contributed by atoms with van der Waals surface area (Å²) in [5, 5.41) is 32.3. The SMILES string of the molecule is CCC(C)(CCO[C@H]([C@H](O)CO)n1c(N=[N+]=[N-])nc2c(N)ncnc21)OP(=O)(O)C(O)(CC)CC. The minimum atomic E-state index is -4.44. The van der Waals surface area contributed by atoms with Crippen molar-refractivity contribution in [3.8, 4) is 0 Å². The molecule has 0 radical (unpaired) electrons. The number of nitrogen functional groups attached to an aromatic ring is 1. The fraction of sp³-hybridized carbons (Fsp3) is 0.737. The Kier molecular flexibility index (Phi) is 9.56. The first-order chi connectivity index (χ1) is 16.4. The number of nitrogens with zero attached hydrogens (tertiary/aromatic N) is 7. The summed E-state index contributed by atoms with van der Waals surface area (Å²) < 4.78 is 25.5. The van der Waals surface area contributed by atoms with Crippen LogP contribution >= 0.6 is 7.60 Å². The van der Waals surface area contributed by atoms with Gasteiger partial charge < -0.3 is 35.2 Å². The zero-order valence-corrected chi connectivity index (χ0v) is 21.0. The summed E-state index contributed by atoms with van der Waals surface area (Å²) in [6.45, 7) is 5.70. The Hall–Kier alpha value is -2.35. The number of hydrogen-bond acceptors (Lipinski definition) is 11. The van der Waals surface area contributed by atoms with Gasteiger partial charge >= 0.3 is 7.60 Å². The molecule has 2 rings (SSSR count). The van der Waals surface area contributed by atoms with E-state index in [9.17, 15) is 24.8 Å². The summed E-state index contributed by atoms with van der Waals surface area (Å²) in [4.78, 5) is 25.3. The van der Waals surface area contributed by atoms with Crippen LogP contribution in [0.5, 0.6) is 0 Å². The quantitative estimate of drug-likeness (QED) is 0.106. The van der Waals surface area contributed by atoms with Gasteiger partial charge in [-0.15, -0.1) is 0 Å². The first-order valence-corrected chi connectivity index (χ1v) is 12.7. The molecular weight excluding hydrogens is 483 g/mol. The average molecular weight is 516 g/mol. The van der Waals surface area contributed by atoms with Crippen molar-refractivity contribution in [1.29, 1.82) is 0 Å². The van der Waals surface area contributed by atoms with Crippen LogP contribution in [-0.2, 0) is 13.8 Å².